The third-order valence-electron chi connectivity index (χ3n) is 1.76. The Balaban J connectivity index is 2.70. The van der Waals surface area contributed by atoms with Crippen LogP contribution in [0.5, 0.6) is 5.75 Å². The molecule has 0 N–H and O–H groups in total. The van der Waals surface area contributed by atoms with Crippen LogP contribution in [0.4, 0.5) is 0 Å². The van der Waals surface area contributed by atoms with Crippen LogP contribution in [0.2, 0.25) is 0 Å². The maximum atomic E-state index is 11.4. The zero-order chi connectivity index (χ0) is 12.0. The number of carbonyl (C=O) groups is 2. The van der Waals surface area contributed by atoms with Gasteiger partial charge in [0.1, 0.15) is 5.75 Å². The van der Waals surface area contributed by atoms with Crippen LogP contribution >= 0.6 is 0 Å². The number of ether oxygens (including phenoxy) is 2. The van der Waals surface area contributed by atoms with Crippen LogP contribution in [0.15, 0.2) is 36.9 Å². The number of carbonyl (C=O) groups excluding carboxylic acids is 2. The molecule has 4 heteroatoms. The smallest absolute Gasteiger partial charge is 0.346 e. The summed E-state index contributed by atoms with van der Waals surface area (Å²) in [6, 6.07) is 6.34. The molecule has 0 saturated heterocycles. The van der Waals surface area contributed by atoms with E-state index in [2.05, 4.69) is 11.3 Å². The summed E-state index contributed by atoms with van der Waals surface area (Å²) in [5.41, 5.74) is 0.290. The zero-order valence-electron chi connectivity index (χ0n) is 8.93. The van der Waals surface area contributed by atoms with E-state index in [1.807, 2.05) is 6.92 Å². The van der Waals surface area contributed by atoms with Gasteiger partial charge in [-0.05, 0) is 31.2 Å². The second kappa shape index (κ2) is 5.70. The van der Waals surface area contributed by atoms with Crippen molar-refractivity contribution >= 4 is 11.9 Å². The first kappa shape index (κ1) is 12.0. The number of benzene rings is 1. The zero-order valence-corrected chi connectivity index (χ0v) is 8.93. The summed E-state index contributed by atoms with van der Waals surface area (Å²) >= 11 is 0. The molecule has 1 rings (SSSR count). The first-order valence-corrected chi connectivity index (χ1v) is 4.78. The van der Waals surface area contributed by atoms with Gasteiger partial charge >= 0.3 is 11.9 Å². The van der Waals surface area contributed by atoms with Gasteiger partial charge in [-0.1, -0.05) is 6.58 Å². The van der Waals surface area contributed by atoms with E-state index in [1.54, 1.807) is 12.1 Å². The van der Waals surface area contributed by atoms with Gasteiger partial charge in [0.25, 0.3) is 0 Å². The molecule has 0 aliphatic rings. The second-order valence-corrected chi connectivity index (χ2v) is 2.87. The van der Waals surface area contributed by atoms with E-state index in [-0.39, 0.29) is 0 Å². The maximum Gasteiger partial charge on any atom is 0.346 e. The summed E-state index contributed by atoms with van der Waals surface area (Å²) in [5.74, 6) is -0.805. The Labute approximate surface area is 93.5 Å². The first-order chi connectivity index (χ1) is 7.67. The van der Waals surface area contributed by atoms with Crippen molar-refractivity contribution in [3.63, 3.8) is 0 Å². The number of hydrogen-bond acceptors (Lipinski definition) is 4. The van der Waals surface area contributed by atoms with Gasteiger partial charge in [-0.3, -0.25) is 0 Å². The standard InChI is InChI=1S/C12H12O4/c1-3-11(13)16-12(14)9-5-7-10(8-6-9)15-4-2/h3,5-8H,1,4H2,2H3. The average molecular weight is 220 g/mol. The van der Waals surface area contributed by atoms with Gasteiger partial charge in [0, 0.05) is 6.08 Å². The molecular formula is C12H12O4. The molecule has 0 heterocycles. The fourth-order valence-electron chi connectivity index (χ4n) is 1.05. The van der Waals surface area contributed by atoms with E-state index in [9.17, 15) is 9.59 Å². The van der Waals surface area contributed by atoms with E-state index in [4.69, 9.17) is 4.74 Å². The van der Waals surface area contributed by atoms with Gasteiger partial charge in [-0.2, -0.15) is 0 Å². The Kier molecular flexibility index (Phi) is 4.27. The van der Waals surface area contributed by atoms with Crippen LogP contribution in [0.1, 0.15) is 17.3 Å². The predicted molar refractivity (Wildman–Crippen MR) is 58.2 cm³/mol. The lowest BCUT2D eigenvalue weighted by atomic mass is 10.2. The van der Waals surface area contributed by atoms with Crippen LogP contribution in [-0.2, 0) is 9.53 Å². The number of hydrogen-bond donors (Lipinski definition) is 0. The molecule has 0 aromatic heterocycles. The van der Waals surface area contributed by atoms with E-state index in [0.717, 1.165) is 6.08 Å². The lowest BCUT2D eigenvalue weighted by molar-refractivity contribution is -0.132. The lowest BCUT2D eigenvalue weighted by Gasteiger charge is -2.03. The van der Waals surface area contributed by atoms with E-state index in [0.29, 0.717) is 17.9 Å². The summed E-state index contributed by atoms with van der Waals surface area (Å²) in [6.07, 6.45) is 0.937. The molecule has 0 atom stereocenters. The Hall–Kier alpha value is -2.10. The van der Waals surface area contributed by atoms with Crippen molar-refractivity contribution < 1.29 is 19.1 Å². The number of rotatable bonds is 4. The van der Waals surface area contributed by atoms with E-state index < -0.39 is 11.9 Å². The van der Waals surface area contributed by atoms with E-state index >= 15 is 0 Å². The SMILES string of the molecule is C=CC(=O)OC(=O)c1ccc(OCC)cc1. The van der Waals surface area contributed by atoms with Crippen molar-refractivity contribution in [3.05, 3.63) is 42.5 Å². The molecular weight excluding hydrogens is 208 g/mol. The first-order valence-electron chi connectivity index (χ1n) is 4.78. The maximum absolute atomic E-state index is 11.4. The lowest BCUT2D eigenvalue weighted by Crippen LogP contribution is -2.09. The minimum absolute atomic E-state index is 0.290. The largest absolute Gasteiger partial charge is 0.494 e. The summed E-state index contributed by atoms with van der Waals surface area (Å²) in [7, 11) is 0. The summed E-state index contributed by atoms with van der Waals surface area (Å²) in [4.78, 5) is 22.1. The molecule has 16 heavy (non-hydrogen) atoms. The van der Waals surface area contributed by atoms with Crippen LogP contribution in [0.25, 0.3) is 0 Å². The van der Waals surface area contributed by atoms with Gasteiger partial charge in [0.15, 0.2) is 0 Å². The molecule has 0 unspecified atom stereocenters. The Bertz CT molecular complexity index is 392. The van der Waals surface area contributed by atoms with Crippen LogP contribution in [-0.4, -0.2) is 18.5 Å². The summed E-state index contributed by atoms with van der Waals surface area (Å²) in [6.45, 7) is 5.62. The molecule has 0 spiro atoms. The van der Waals surface area contributed by atoms with Gasteiger partial charge < -0.3 is 9.47 Å². The third-order valence-corrected chi connectivity index (χ3v) is 1.76. The minimum Gasteiger partial charge on any atom is -0.494 e. The molecule has 0 aliphatic heterocycles. The summed E-state index contributed by atoms with van der Waals surface area (Å²) < 4.78 is 9.66. The Morgan fingerprint density at radius 1 is 1.31 bits per heavy atom. The predicted octanol–water partition coefficient (Wildman–Crippen LogP) is 1.95. The van der Waals surface area contributed by atoms with Crippen molar-refractivity contribution in [2.24, 2.45) is 0 Å². The molecule has 0 bridgehead atoms. The van der Waals surface area contributed by atoms with Gasteiger partial charge in [0.2, 0.25) is 0 Å². The highest BCUT2D eigenvalue weighted by Crippen LogP contribution is 2.12. The van der Waals surface area contributed by atoms with Gasteiger partial charge in [-0.15, -0.1) is 0 Å². The van der Waals surface area contributed by atoms with Gasteiger partial charge in [-0.25, -0.2) is 9.59 Å². The molecule has 0 saturated carbocycles. The molecule has 0 fully saturated rings. The molecule has 0 aliphatic carbocycles. The van der Waals surface area contributed by atoms with Crippen molar-refractivity contribution in [3.8, 4) is 5.75 Å². The van der Waals surface area contributed by atoms with Crippen LogP contribution < -0.4 is 4.74 Å². The van der Waals surface area contributed by atoms with Crippen molar-refractivity contribution in [1.29, 1.82) is 0 Å². The summed E-state index contributed by atoms with van der Waals surface area (Å²) in [5, 5.41) is 0. The second-order valence-electron chi connectivity index (χ2n) is 2.87. The van der Waals surface area contributed by atoms with Crippen molar-refractivity contribution in [2.45, 2.75) is 6.92 Å². The quantitative estimate of drug-likeness (QED) is 0.442. The highest BCUT2D eigenvalue weighted by atomic mass is 16.6. The van der Waals surface area contributed by atoms with Crippen LogP contribution in [0, 0.1) is 0 Å². The highest BCUT2D eigenvalue weighted by Gasteiger charge is 2.10. The average Bonchev–Trinajstić information content (AvgIpc) is 2.30. The van der Waals surface area contributed by atoms with E-state index in [1.165, 1.54) is 12.1 Å². The number of esters is 2. The monoisotopic (exact) mass is 220 g/mol. The molecule has 84 valence electrons. The Morgan fingerprint density at radius 2 is 1.94 bits per heavy atom. The molecule has 4 nitrogen and oxygen atoms in total. The fraction of sp³-hybridized carbons (Fsp3) is 0.167. The molecule has 1 aromatic carbocycles. The molecule has 0 amide bonds. The minimum atomic E-state index is -0.765. The molecule has 0 radical (unpaired) electrons. The van der Waals surface area contributed by atoms with Gasteiger partial charge in [0.05, 0.1) is 12.2 Å². The topological polar surface area (TPSA) is 52.6 Å². The third kappa shape index (κ3) is 3.24. The highest BCUT2D eigenvalue weighted by molar-refractivity contribution is 5.99. The Morgan fingerprint density at radius 3 is 2.44 bits per heavy atom. The molecule has 1 aromatic rings. The fourth-order valence-corrected chi connectivity index (χ4v) is 1.05. The van der Waals surface area contributed by atoms with Crippen molar-refractivity contribution in [1.82, 2.24) is 0 Å². The van der Waals surface area contributed by atoms with Crippen molar-refractivity contribution in [2.75, 3.05) is 6.61 Å². The van der Waals surface area contributed by atoms with Crippen LogP contribution in [0.3, 0.4) is 0 Å². The normalized spacial score (nSPS) is 9.31.